The molecule has 0 fully saturated rings. The summed E-state index contributed by atoms with van der Waals surface area (Å²) in [4.78, 5) is 0. The van der Waals surface area contributed by atoms with Crippen molar-refractivity contribution in [2.45, 2.75) is 19.2 Å². The minimum absolute atomic E-state index is 0.0401. The molecule has 0 amide bonds. The van der Waals surface area contributed by atoms with Gasteiger partial charge in [-0.15, -0.1) is 5.10 Å². The molecule has 1 heterocycles. The quantitative estimate of drug-likeness (QED) is 0.845. The predicted molar refractivity (Wildman–Crippen MR) is 42.0 cm³/mol. The van der Waals surface area contributed by atoms with E-state index < -0.39 is 19.2 Å². The van der Waals surface area contributed by atoms with Gasteiger partial charge in [0.2, 0.25) is 0 Å². The maximum absolute atomic E-state index is 11.7. The van der Waals surface area contributed by atoms with Crippen molar-refractivity contribution < 1.29 is 23.0 Å². The lowest BCUT2D eigenvalue weighted by molar-refractivity contribution is -0.139. The monoisotopic (exact) mass is 228 g/mol. The van der Waals surface area contributed by atoms with Crippen LogP contribution in [0.15, 0.2) is 0 Å². The second-order valence-corrected chi connectivity index (χ2v) is 3.36. The van der Waals surface area contributed by atoms with Gasteiger partial charge < -0.3 is 9.84 Å². The average molecular weight is 228 g/mol. The topological polar surface area (TPSA) is 55.2 Å². The molecule has 0 spiro atoms. The highest BCUT2D eigenvalue weighted by atomic mass is 32.1. The Morgan fingerprint density at radius 2 is 2.07 bits per heavy atom. The Morgan fingerprint density at radius 1 is 1.36 bits per heavy atom. The summed E-state index contributed by atoms with van der Waals surface area (Å²) >= 11 is 0.922. The van der Waals surface area contributed by atoms with E-state index in [9.17, 15) is 13.2 Å². The van der Waals surface area contributed by atoms with Crippen LogP contribution in [-0.4, -0.2) is 28.1 Å². The highest BCUT2D eigenvalue weighted by molar-refractivity contribution is 7.13. The van der Waals surface area contributed by atoms with E-state index in [0.717, 1.165) is 11.3 Å². The van der Waals surface area contributed by atoms with E-state index in [1.807, 2.05) is 0 Å². The van der Waals surface area contributed by atoms with Crippen molar-refractivity contribution in [2.24, 2.45) is 0 Å². The second kappa shape index (κ2) is 4.56. The Bertz CT molecular complexity index is 289. The third-order valence-electron chi connectivity index (χ3n) is 1.19. The summed E-state index contributed by atoms with van der Waals surface area (Å²) < 4.78 is 39.7. The first-order valence-electron chi connectivity index (χ1n) is 3.64. The van der Waals surface area contributed by atoms with Crippen LogP contribution >= 0.6 is 11.3 Å². The van der Waals surface area contributed by atoms with Gasteiger partial charge in [-0.05, 0) is 0 Å². The van der Waals surface area contributed by atoms with Crippen molar-refractivity contribution >= 4 is 11.3 Å². The summed E-state index contributed by atoms with van der Waals surface area (Å²) in [6, 6.07) is 0. The summed E-state index contributed by atoms with van der Waals surface area (Å²) in [5.74, 6) is 0. The molecule has 4 nitrogen and oxygen atoms in total. The molecule has 0 aliphatic carbocycles. The van der Waals surface area contributed by atoms with E-state index in [-0.39, 0.29) is 11.8 Å². The third-order valence-corrected chi connectivity index (χ3v) is 2.02. The maximum Gasteiger partial charge on any atom is 0.392 e. The number of halogens is 3. The van der Waals surface area contributed by atoms with Crippen molar-refractivity contribution in [3.05, 3.63) is 5.01 Å². The van der Waals surface area contributed by atoms with E-state index >= 15 is 0 Å². The molecule has 0 radical (unpaired) electrons. The van der Waals surface area contributed by atoms with Gasteiger partial charge in [0.1, 0.15) is 5.01 Å². The zero-order chi connectivity index (χ0) is 10.6. The summed E-state index contributed by atoms with van der Waals surface area (Å²) in [6.07, 6.45) is -5.26. The summed E-state index contributed by atoms with van der Waals surface area (Å²) in [5.41, 5.74) is 0. The van der Waals surface area contributed by atoms with Gasteiger partial charge in [0.15, 0.2) is 0 Å². The Balaban J connectivity index is 2.31. The van der Waals surface area contributed by atoms with E-state index in [0.29, 0.717) is 5.01 Å². The molecule has 0 atom stereocenters. The molecule has 1 aromatic rings. The van der Waals surface area contributed by atoms with Crippen LogP contribution in [0.1, 0.15) is 11.4 Å². The molecule has 0 aromatic carbocycles. The first-order valence-corrected chi connectivity index (χ1v) is 4.46. The lowest BCUT2D eigenvalue weighted by Crippen LogP contribution is -2.12. The Kier molecular flexibility index (Phi) is 3.64. The number of alkyl halides is 3. The van der Waals surface area contributed by atoms with Crippen molar-refractivity contribution in [1.82, 2.24) is 10.2 Å². The van der Waals surface area contributed by atoms with Crippen LogP contribution in [0.3, 0.4) is 0 Å². The Labute approximate surface area is 81.3 Å². The molecule has 0 aliphatic rings. The number of hydrogen-bond donors (Lipinski definition) is 1. The van der Waals surface area contributed by atoms with Gasteiger partial charge in [0, 0.05) is 0 Å². The van der Waals surface area contributed by atoms with Gasteiger partial charge in [-0.25, -0.2) is 0 Å². The van der Waals surface area contributed by atoms with Crippen LogP contribution in [0, 0.1) is 0 Å². The lowest BCUT2D eigenvalue weighted by atomic mass is 10.4. The normalized spacial score (nSPS) is 11.7. The molecule has 1 rings (SSSR count). The molecular weight excluding hydrogens is 221 g/mol. The van der Waals surface area contributed by atoms with Gasteiger partial charge in [0.25, 0.3) is 5.19 Å². The number of aromatic nitrogens is 2. The number of aliphatic hydroxyl groups is 1. The van der Waals surface area contributed by atoms with Crippen LogP contribution in [0.5, 0.6) is 5.19 Å². The van der Waals surface area contributed by atoms with Gasteiger partial charge in [-0.1, -0.05) is 16.4 Å². The van der Waals surface area contributed by atoms with Crippen molar-refractivity contribution in [1.29, 1.82) is 0 Å². The number of aliphatic hydroxyl groups excluding tert-OH is 1. The summed E-state index contributed by atoms with van der Waals surface area (Å²) in [7, 11) is 0. The van der Waals surface area contributed by atoms with Crippen molar-refractivity contribution in [2.75, 3.05) is 6.61 Å². The largest absolute Gasteiger partial charge is 0.469 e. The molecular formula is C6H7F3N2O2S. The maximum atomic E-state index is 11.7. The number of hydrogen-bond acceptors (Lipinski definition) is 5. The fraction of sp³-hybridized carbons (Fsp3) is 0.667. The molecule has 0 unspecified atom stereocenters. The van der Waals surface area contributed by atoms with Crippen molar-refractivity contribution in [3.63, 3.8) is 0 Å². The molecule has 14 heavy (non-hydrogen) atoms. The molecule has 1 aromatic heterocycles. The van der Waals surface area contributed by atoms with E-state index in [2.05, 4.69) is 14.9 Å². The zero-order valence-corrected chi connectivity index (χ0v) is 7.73. The molecule has 0 aliphatic heterocycles. The van der Waals surface area contributed by atoms with Gasteiger partial charge in [-0.2, -0.15) is 13.2 Å². The first-order chi connectivity index (χ1) is 6.51. The first kappa shape index (κ1) is 11.2. The molecule has 0 bridgehead atoms. The smallest absolute Gasteiger partial charge is 0.392 e. The highest BCUT2D eigenvalue weighted by Gasteiger charge is 2.27. The second-order valence-electron chi connectivity index (χ2n) is 2.33. The minimum Gasteiger partial charge on any atom is -0.469 e. The van der Waals surface area contributed by atoms with Crippen LogP contribution in [0.25, 0.3) is 0 Å². The lowest BCUT2D eigenvalue weighted by Gasteiger charge is -2.04. The molecule has 0 saturated heterocycles. The SMILES string of the molecule is OCc1nnc(OCCC(F)(F)F)s1. The van der Waals surface area contributed by atoms with Gasteiger partial charge in [0.05, 0.1) is 19.6 Å². The van der Waals surface area contributed by atoms with Crippen LogP contribution in [0.2, 0.25) is 0 Å². The average Bonchev–Trinajstić information content (AvgIpc) is 2.50. The predicted octanol–water partition coefficient (Wildman–Crippen LogP) is 1.36. The number of nitrogens with zero attached hydrogens (tertiary/aromatic N) is 2. The van der Waals surface area contributed by atoms with Crippen LogP contribution in [-0.2, 0) is 6.61 Å². The zero-order valence-electron chi connectivity index (χ0n) is 6.91. The minimum atomic E-state index is -4.23. The van der Waals surface area contributed by atoms with Gasteiger partial charge >= 0.3 is 6.18 Å². The van der Waals surface area contributed by atoms with Crippen molar-refractivity contribution in [3.8, 4) is 5.19 Å². The van der Waals surface area contributed by atoms with Crippen LogP contribution < -0.4 is 4.74 Å². The molecule has 80 valence electrons. The van der Waals surface area contributed by atoms with Gasteiger partial charge in [-0.3, -0.25) is 0 Å². The fourth-order valence-electron chi connectivity index (χ4n) is 0.614. The Hall–Kier alpha value is -0.890. The third kappa shape index (κ3) is 3.88. The number of rotatable bonds is 4. The van der Waals surface area contributed by atoms with E-state index in [1.54, 1.807) is 0 Å². The summed E-state index contributed by atoms with van der Waals surface area (Å²) in [6.45, 7) is -0.774. The van der Waals surface area contributed by atoms with Crippen LogP contribution in [0.4, 0.5) is 13.2 Å². The molecule has 8 heteroatoms. The summed E-state index contributed by atoms with van der Waals surface area (Å²) in [5, 5.41) is 15.8. The highest BCUT2D eigenvalue weighted by Crippen LogP contribution is 2.22. The number of ether oxygens (including phenoxy) is 1. The van der Waals surface area contributed by atoms with E-state index in [1.165, 1.54) is 0 Å². The standard InChI is InChI=1S/C6H7F3N2O2S/c7-6(8,9)1-2-13-5-11-10-4(3-12)14-5/h12H,1-3H2. The fourth-order valence-corrected chi connectivity index (χ4v) is 1.19. The molecule has 0 saturated carbocycles. The molecule has 1 N–H and O–H groups in total. The Morgan fingerprint density at radius 3 is 2.57 bits per heavy atom. The van der Waals surface area contributed by atoms with E-state index in [4.69, 9.17) is 5.11 Å².